The Balaban J connectivity index is 1.58. The quantitative estimate of drug-likeness (QED) is 0.635. The van der Waals surface area contributed by atoms with Crippen LogP contribution in [0, 0.1) is 0 Å². The lowest BCUT2D eigenvalue weighted by Gasteiger charge is -2.28. The number of morpholine rings is 1. The van der Waals surface area contributed by atoms with Crippen molar-refractivity contribution in [3.8, 4) is 11.3 Å². The third kappa shape index (κ3) is 4.63. The van der Waals surface area contributed by atoms with Gasteiger partial charge in [-0.2, -0.15) is 13.2 Å². The van der Waals surface area contributed by atoms with E-state index in [1.165, 1.54) is 18.3 Å². The first kappa shape index (κ1) is 20.4. The lowest BCUT2D eigenvalue weighted by atomic mass is 10.2. The van der Waals surface area contributed by atoms with Gasteiger partial charge in [-0.1, -0.05) is 11.6 Å². The molecule has 6 nitrogen and oxygen atoms in total. The zero-order chi connectivity index (χ0) is 21.1. The summed E-state index contributed by atoms with van der Waals surface area (Å²) in [5.41, 5.74) is 1.59. The SMILES string of the molecule is FC(F)(F)c1cc(Nc2nccc(-c3cncc(N4CCOCC4)c3)n2)ccc1Cl. The molecule has 0 bridgehead atoms. The minimum atomic E-state index is -4.55. The topological polar surface area (TPSA) is 63.2 Å². The summed E-state index contributed by atoms with van der Waals surface area (Å²) in [7, 11) is 0. The van der Waals surface area contributed by atoms with Crippen LogP contribution >= 0.6 is 11.6 Å². The molecule has 3 heterocycles. The predicted molar refractivity (Wildman–Crippen MR) is 108 cm³/mol. The van der Waals surface area contributed by atoms with Crippen LogP contribution < -0.4 is 10.2 Å². The van der Waals surface area contributed by atoms with Gasteiger partial charge in [-0.15, -0.1) is 0 Å². The second-order valence-corrected chi connectivity index (χ2v) is 7.02. The molecule has 1 aromatic carbocycles. The van der Waals surface area contributed by atoms with Gasteiger partial charge < -0.3 is 15.0 Å². The highest BCUT2D eigenvalue weighted by Gasteiger charge is 2.33. The number of anilines is 3. The van der Waals surface area contributed by atoms with E-state index in [-0.39, 0.29) is 16.7 Å². The summed E-state index contributed by atoms with van der Waals surface area (Å²) in [6, 6.07) is 7.24. The van der Waals surface area contributed by atoms with Crippen molar-refractivity contribution in [2.24, 2.45) is 0 Å². The maximum atomic E-state index is 13.1. The smallest absolute Gasteiger partial charge is 0.378 e. The average molecular weight is 436 g/mol. The van der Waals surface area contributed by atoms with E-state index in [4.69, 9.17) is 16.3 Å². The standard InChI is InChI=1S/C20H17ClF3N5O/c21-17-2-1-14(10-16(17)20(22,23)24)27-19-26-4-3-18(28-19)13-9-15(12-25-11-13)29-5-7-30-8-6-29/h1-4,9-12H,5-8H2,(H,26,27,28). The van der Waals surface area contributed by atoms with Gasteiger partial charge in [0.2, 0.25) is 5.95 Å². The van der Waals surface area contributed by atoms with E-state index in [0.717, 1.165) is 30.4 Å². The molecule has 1 aliphatic heterocycles. The number of halogens is 4. The average Bonchev–Trinajstić information content (AvgIpc) is 2.75. The van der Waals surface area contributed by atoms with Crippen LogP contribution in [0.4, 0.5) is 30.5 Å². The molecule has 0 radical (unpaired) electrons. The third-order valence-electron chi connectivity index (χ3n) is 4.58. The maximum Gasteiger partial charge on any atom is 0.417 e. The lowest BCUT2D eigenvalue weighted by Crippen LogP contribution is -2.36. The highest BCUT2D eigenvalue weighted by Crippen LogP contribution is 2.36. The molecule has 0 amide bonds. The Morgan fingerprint density at radius 1 is 1.07 bits per heavy atom. The van der Waals surface area contributed by atoms with Crippen LogP contribution in [0.15, 0.2) is 48.9 Å². The first-order valence-electron chi connectivity index (χ1n) is 9.15. The predicted octanol–water partition coefficient (Wildman–Crippen LogP) is 4.79. The second-order valence-electron chi connectivity index (χ2n) is 6.61. The van der Waals surface area contributed by atoms with Crippen molar-refractivity contribution in [1.82, 2.24) is 15.0 Å². The fourth-order valence-corrected chi connectivity index (χ4v) is 3.32. The first-order chi connectivity index (χ1) is 14.4. The van der Waals surface area contributed by atoms with Crippen LogP contribution in [0.3, 0.4) is 0 Å². The molecule has 1 saturated heterocycles. The van der Waals surface area contributed by atoms with E-state index in [2.05, 4.69) is 25.2 Å². The summed E-state index contributed by atoms with van der Waals surface area (Å²) in [5.74, 6) is 0.166. The third-order valence-corrected chi connectivity index (χ3v) is 4.91. The van der Waals surface area contributed by atoms with Crippen molar-refractivity contribution in [2.75, 3.05) is 36.5 Å². The normalized spacial score (nSPS) is 14.6. The van der Waals surface area contributed by atoms with Crippen LogP contribution in [0.2, 0.25) is 5.02 Å². The zero-order valence-electron chi connectivity index (χ0n) is 15.7. The Bertz CT molecular complexity index is 1040. The van der Waals surface area contributed by atoms with Crippen LogP contribution in [0.5, 0.6) is 0 Å². The minimum Gasteiger partial charge on any atom is -0.378 e. The highest BCUT2D eigenvalue weighted by atomic mass is 35.5. The van der Waals surface area contributed by atoms with Crippen molar-refractivity contribution in [3.05, 3.63) is 59.5 Å². The van der Waals surface area contributed by atoms with Gasteiger partial charge in [-0.25, -0.2) is 9.97 Å². The second kappa shape index (κ2) is 8.45. The number of benzene rings is 1. The molecule has 0 saturated carbocycles. The number of nitrogens with zero attached hydrogens (tertiary/aromatic N) is 4. The van der Waals surface area contributed by atoms with E-state index in [9.17, 15) is 13.2 Å². The monoisotopic (exact) mass is 435 g/mol. The number of hydrogen-bond donors (Lipinski definition) is 1. The van der Waals surface area contributed by atoms with Crippen LogP contribution in [-0.4, -0.2) is 41.3 Å². The first-order valence-corrected chi connectivity index (χ1v) is 9.53. The van der Waals surface area contributed by atoms with Crippen molar-refractivity contribution in [1.29, 1.82) is 0 Å². The van der Waals surface area contributed by atoms with Crippen LogP contribution in [-0.2, 0) is 10.9 Å². The van der Waals surface area contributed by atoms with Gasteiger partial charge >= 0.3 is 6.18 Å². The number of rotatable bonds is 4. The summed E-state index contributed by atoms with van der Waals surface area (Å²) in [6.07, 6.45) is 0.442. The van der Waals surface area contributed by atoms with Crippen molar-refractivity contribution in [3.63, 3.8) is 0 Å². The Labute approximate surface area is 175 Å². The summed E-state index contributed by atoms with van der Waals surface area (Å²) in [6.45, 7) is 2.87. The van der Waals surface area contributed by atoms with Crippen LogP contribution in [0.25, 0.3) is 11.3 Å². The molecule has 0 spiro atoms. The molecular formula is C20H17ClF3N5O. The zero-order valence-corrected chi connectivity index (χ0v) is 16.4. The molecule has 2 aromatic heterocycles. The Morgan fingerprint density at radius 2 is 1.87 bits per heavy atom. The Kier molecular flexibility index (Phi) is 5.74. The molecule has 1 aliphatic rings. The molecule has 0 atom stereocenters. The van der Waals surface area contributed by atoms with Gasteiger partial charge in [0, 0.05) is 36.7 Å². The van der Waals surface area contributed by atoms with Gasteiger partial charge in [-0.3, -0.25) is 4.98 Å². The molecule has 3 aromatic rings. The van der Waals surface area contributed by atoms with E-state index >= 15 is 0 Å². The maximum absolute atomic E-state index is 13.1. The number of hydrogen-bond acceptors (Lipinski definition) is 6. The Hall–Kier alpha value is -2.91. The number of pyridine rings is 1. The summed E-state index contributed by atoms with van der Waals surface area (Å²) < 4.78 is 44.6. The molecular weight excluding hydrogens is 419 g/mol. The van der Waals surface area contributed by atoms with Crippen LogP contribution in [0.1, 0.15) is 5.56 Å². The number of nitrogens with one attached hydrogen (secondary N) is 1. The molecule has 156 valence electrons. The fourth-order valence-electron chi connectivity index (χ4n) is 3.09. The molecule has 0 unspecified atom stereocenters. The lowest BCUT2D eigenvalue weighted by molar-refractivity contribution is -0.137. The van der Waals surface area contributed by atoms with Crippen molar-refractivity contribution in [2.45, 2.75) is 6.18 Å². The molecule has 30 heavy (non-hydrogen) atoms. The van der Waals surface area contributed by atoms with Crippen molar-refractivity contribution >= 4 is 28.9 Å². The minimum absolute atomic E-state index is 0.166. The fraction of sp³-hybridized carbons (Fsp3) is 0.250. The summed E-state index contributed by atoms with van der Waals surface area (Å²) in [5, 5.41) is 2.44. The van der Waals surface area contributed by atoms with Gasteiger partial charge in [0.05, 0.1) is 41.4 Å². The molecule has 1 N–H and O–H groups in total. The van der Waals surface area contributed by atoms with E-state index in [1.807, 2.05) is 6.07 Å². The highest BCUT2D eigenvalue weighted by molar-refractivity contribution is 6.31. The summed E-state index contributed by atoms with van der Waals surface area (Å²) in [4.78, 5) is 15.0. The van der Waals surface area contributed by atoms with Gasteiger partial charge in [0.25, 0.3) is 0 Å². The van der Waals surface area contributed by atoms with E-state index < -0.39 is 11.7 Å². The number of ether oxygens (including phenoxy) is 1. The number of alkyl halides is 3. The van der Waals surface area contributed by atoms with E-state index in [1.54, 1.807) is 18.5 Å². The van der Waals surface area contributed by atoms with Gasteiger partial charge in [0.1, 0.15) is 0 Å². The van der Waals surface area contributed by atoms with E-state index in [0.29, 0.717) is 18.9 Å². The largest absolute Gasteiger partial charge is 0.417 e. The van der Waals surface area contributed by atoms with Gasteiger partial charge in [0.15, 0.2) is 0 Å². The Morgan fingerprint density at radius 3 is 2.63 bits per heavy atom. The summed E-state index contributed by atoms with van der Waals surface area (Å²) >= 11 is 5.67. The molecule has 10 heteroatoms. The molecule has 1 fully saturated rings. The molecule has 4 rings (SSSR count). The molecule has 0 aliphatic carbocycles. The number of aromatic nitrogens is 3. The van der Waals surface area contributed by atoms with Gasteiger partial charge in [-0.05, 0) is 30.3 Å². The van der Waals surface area contributed by atoms with Crippen molar-refractivity contribution < 1.29 is 17.9 Å².